The summed E-state index contributed by atoms with van der Waals surface area (Å²) in [6.07, 6.45) is 7.95. The van der Waals surface area contributed by atoms with Crippen molar-refractivity contribution < 1.29 is 9.53 Å². The van der Waals surface area contributed by atoms with Gasteiger partial charge in [-0.15, -0.1) is 0 Å². The lowest BCUT2D eigenvalue weighted by atomic mass is 9.90. The Morgan fingerprint density at radius 2 is 2.26 bits per heavy atom. The number of nitrogens with zero attached hydrogens (tertiary/aromatic N) is 2. The molecule has 0 fully saturated rings. The highest BCUT2D eigenvalue weighted by Gasteiger charge is 2.19. The minimum Gasteiger partial charge on any atom is -0.491 e. The fourth-order valence-corrected chi connectivity index (χ4v) is 2.46. The summed E-state index contributed by atoms with van der Waals surface area (Å²) < 4.78 is 7.80. The van der Waals surface area contributed by atoms with E-state index in [0.29, 0.717) is 13.0 Å². The highest BCUT2D eigenvalue weighted by Crippen LogP contribution is 2.29. The Labute approximate surface area is 112 Å². The van der Waals surface area contributed by atoms with E-state index in [1.807, 2.05) is 29.0 Å². The molecule has 1 aliphatic carbocycles. The molecule has 0 saturated heterocycles. The van der Waals surface area contributed by atoms with Crippen LogP contribution in [0.2, 0.25) is 0 Å². The minimum absolute atomic E-state index is 0.237. The van der Waals surface area contributed by atoms with Crippen molar-refractivity contribution in [2.24, 2.45) is 0 Å². The monoisotopic (exact) mass is 256 g/mol. The molecule has 0 unspecified atom stereocenters. The molecule has 1 aliphatic rings. The predicted molar refractivity (Wildman–Crippen MR) is 71.4 cm³/mol. The zero-order valence-electron chi connectivity index (χ0n) is 10.7. The maximum atomic E-state index is 11.8. The van der Waals surface area contributed by atoms with Gasteiger partial charge in [0.05, 0.1) is 12.9 Å². The third-order valence-corrected chi connectivity index (χ3v) is 3.43. The number of carbonyl (C=O) groups is 1. The zero-order chi connectivity index (χ0) is 13.1. The van der Waals surface area contributed by atoms with Crippen molar-refractivity contribution in [2.45, 2.75) is 25.8 Å². The first-order valence-corrected chi connectivity index (χ1v) is 6.58. The van der Waals surface area contributed by atoms with Gasteiger partial charge in [0.2, 0.25) is 0 Å². The lowest BCUT2D eigenvalue weighted by Gasteiger charge is -2.18. The molecular weight excluding hydrogens is 240 g/mol. The van der Waals surface area contributed by atoms with Gasteiger partial charge in [0.1, 0.15) is 12.4 Å². The molecule has 0 amide bonds. The fourth-order valence-electron chi connectivity index (χ4n) is 2.46. The molecule has 1 aromatic heterocycles. The smallest absolute Gasteiger partial charge is 0.163 e. The van der Waals surface area contributed by atoms with Crippen LogP contribution in [0, 0.1) is 0 Å². The van der Waals surface area contributed by atoms with E-state index in [-0.39, 0.29) is 5.78 Å². The lowest BCUT2D eigenvalue weighted by Crippen LogP contribution is -2.14. The van der Waals surface area contributed by atoms with Crippen LogP contribution in [-0.4, -0.2) is 21.9 Å². The Kier molecular flexibility index (Phi) is 3.31. The number of ketones is 1. The van der Waals surface area contributed by atoms with Gasteiger partial charge in [-0.1, -0.05) is 12.1 Å². The third kappa shape index (κ3) is 2.52. The van der Waals surface area contributed by atoms with Gasteiger partial charge in [-0.05, 0) is 18.9 Å². The molecule has 1 aromatic carbocycles. The molecule has 0 N–H and O–H groups in total. The molecule has 0 saturated carbocycles. The Morgan fingerprint density at radius 3 is 3.11 bits per heavy atom. The molecule has 2 aromatic rings. The van der Waals surface area contributed by atoms with Gasteiger partial charge in [-0.2, -0.15) is 0 Å². The molecule has 0 spiro atoms. The molecule has 3 rings (SSSR count). The Balaban J connectivity index is 1.71. The van der Waals surface area contributed by atoms with E-state index in [0.717, 1.165) is 36.3 Å². The quantitative estimate of drug-likeness (QED) is 0.844. The zero-order valence-corrected chi connectivity index (χ0v) is 10.7. The maximum Gasteiger partial charge on any atom is 0.163 e. The SMILES string of the molecule is O=C1CCCc2c(OCCn3ccnc3)cccc21. The van der Waals surface area contributed by atoms with Crippen molar-refractivity contribution in [3.05, 3.63) is 48.0 Å². The summed E-state index contributed by atoms with van der Waals surface area (Å²) in [6, 6.07) is 5.75. The van der Waals surface area contributed by atoms with Gasteiger partial charge in [-0.3, -0.25) is 4.79 Å². The Bertz CT molecular complexity index is 576. The Morgan fingerprint density at radius 1 is 1.32 bits per heavy atom. The van der Waals surface area contributed by atoms with E-state index in [1.54, 1.807) is 12.5 Å². The first-order valence-electron chi connectivity index (χ1n) is 6.58. The number of fused-ring (bicyclic) bond motifs is 1. The number of hydrogen-bond donors (Lipinski definition) is 0. The van der Waals surface area contributed by atoms with E-state index in [1.165, 1.54) is 0 Å². The maximum absolute atomic E-state index is 11.8. The molecular formula is C15H16N2O2. The summed E-state index contributed by atoms with van der Waals surface area (Å²) in [5.74, 6) is 1.09. The molecule has 0 radical (unpaired) electrons. The molecule has 0 bridgehead atoms. The highest BCUT2D eigenvalue weighted by atomic mass is 16.5. The molecule has 4 heteroatoms. The summed E-state index contributed by atoms with van der Waals surface area (Å²) in [6.45, 7) is 1.35. The highest BCUT2D eigenvalue weighted by molar-refractivity contribution is 5.99. The summed E-state index contributed by atoms with van der Waals surface area (Å²) in [7, 11) is 0. The molecule has 0 atom stereocenters. The van der Waals surface area contributed by atoms with Gasteiger partial charge in [0.25, 0.3) is 0 Å². The first kappa shape index (κ1) is 12.0. The van der Waals surface area contributed by atoms with Gasteiger partial charge in [0, 0.05) is 29.9 Å². The second kappa shape index (κ2) is 5.26. The van der Waals surface area contributed by atoms with Crippen LogP contribution in [-0.2, 0) is 13.0 Å². The van der Waals surface area contributed by atoms with Crippen LogP contribution in [0.25, 0.3) is 0 Å². The summed E-state index contributed by atoms with van der Waals surface area (Å²) >= 11 is 0. The molecule has 1 heterocycles. The number of hydrogen-bond acceptors (Lipinski definition) is 3. The van der Waals surface area contributed by atoms with E-state index >= 15 is 0 Å². The Hall–Kier alpha value is -2.10. The summed E-state index contributed by atoms with van der Waals surface area (Å²) in [5, 5.41) is 0. The van der Waals surface area contributed by atoms with Crippen LogP contribution < -0.4 is 4.74 Å². The number of carbonyl (C=O) groups excluding carboxylic acids is 1. The minimum atomic E-state index is 0.237. The van der Waals surface area contributed by atoms with Crippen molar-refractivity contribution >= 4 is 5.78 Å². The fraction of sp³-hybridized carbons (Fsp3) is 0.333. The second-order valence-corrected chi connectivity index (χ2v) is 4.71. The molecule has 98 valence electrons. The molecule has 4 nitrogen and oxygen atoms in total. The van der Waals surface area contributed by atoms with E-state index in [9.17, 15) is 4.79 Å². The van der Waals surface area contributed by atoms with Gasteiger partial charge < -0.3 is 9.30 Å². The van der Waals surface area contributed by atoms with Crippen LogP contribution in [0.1, 0.15) is 28.8 Å². The predicted octanol–water partition coefficient (Wildman–Crippen LogP) is 2.48. The van der Waals surface area contributed by atoms with Crippen molar-refractivity contribution in [3.8, 4) is 5.75 Å². The van der Waals surface area contributed by atoms with Crippen molar-refractivity contribution in [1.82, 2.24) is 9.55 Å². The largest absolute Gasteiger partial charge is 0.491 e. The van der Waals surface area contributed by atoms with E-state index < -0.39 is 0 Å². The molecule has 19 heavy (non-hydrogen) atoms. The van der Waals surface area contributed by atoms with Gasteiger partial charge in [0.15, 0.2) is 5.78 Å². The van der Waals surface area contributed by atoms with E-state index in [4.69, 9.17) is 4.74 Å². The standard InChI is InChI=1S/C15H16N2O2/c18-14-5-1-4-13-12(14)3-2-6-15(13)19-10-9-17-8-7-16-11-17/h2-3,6-8,11H,1,4-5,9-10H2. The van der Waals surface area contributed by atoms with Crippen LogP contribution in [0.3, 0.4) is 0 Å². The summed E-state index contributed by atoms with van der Waals surface area (Å²) in [5.41, 5.74) is 1.91. The third-order valence-electron chi connectivity index (χ3n) is 3.43. The first-order chi connectivity index (χ1) is 9.34. The normalized spacial score (nSPS) is 14.2. The van der Waals surface area contributed by atoms with Crippen LogP contribution >= 0.6 is 0 Å². The number of benzene rings is 1. The van der Waals surface area contributed by atoms with Crippen LogP contribution in [0.15, 0.2) is 36.9 Å². The number of ether oxygens (including phenoxy) is 1. The average Bonchev–Trinajstić information content (AvgIpc) is 2.93. The van der Waals surface area contributed by atoms with E-state index in [2.05, 4.69) is 4.98 Å². The van der Waals surface area contributed by atoms with Crippen LogP contribution in [0.5, 0.6) is 5.75 Å². The average molecular weight is 256 g/mol. The number of Topliss-reactive ketones (excluding diaryl/α,β-unsaturated/α-hetero) is 1. The molecule has 0 aliphatic heterocycles. The lowest BCUT2D eigenvalue weighted by molar-refractivity contribution is 0.0971. The van der Waals surface area contributed by atoms with Gasteiger partial charge >= 0.3 is 0 Å². The number of aromatic nitrogens is 2. The number of rotatable bonds is 4. The summed E-state index contributed by atoms with van der Waals surface area (Å²) in [4.78, 5) is 15.8. The second-order valence-electron chi connectivity index (χ2n) is 4.71. The topological polar surface area (TPSA) is 44.1 Å². The van der Waals surface area contributed by atoms with Gasteiger partial charge in [-0.25, -0.2) is 4.98 Å². The van der Waals surface area contributed by atoms with Crippen molar-refractivity contribution in [3.63, 3.8) is 0 Å². The number of imidazole rings is 1. The van der Waals surface area contributed by atoms with Crippen molar-refractivity contribution in [2.75, 3.05) is 6.61 Å². The van der Waals surface area contributed by atoms with Crippen LogP contribution in [0.4, 0.5) is 0 Å². The van der Waals surface area contributed by atoms with Crippen molar-refractivity contribution in [1.29, 1.82) is 0 Å².